The molecule has 1 N–H and O–H groups in total. The van der Waals surface area contributed by atoms with Crippen LogP contribution in [0.15, 0.2) is 24.3 Å². The molecule has 0 saturated carbocycles. The number of hydrogen-bond acceptors (Lipinski definition) is 4. The van der Waals surface area contributed by atoms with Crippen LogP contribution in [0, 0.1) is 0 Å². The maximum absolute atomic E-state index is 11.8. The molecule has 1 fully saturated rings. The minimum absolute atomic E-state index is 0.404. The van der Waals surface area contributed by atoms with Crippen molar-refractivity contribution in [3.63, 3.8) is 0 Å². The molecule has 21 heavy (non-hydrogen) atoms. The summed E-state index contributed by atoms with van der Waals surface area (Å²) in [7, 11) is 0. The van der Waals surface area contributed by atoms with Crippen LogP contribution in [0.2, 0.25) is 0 Å². The fourth-order valence-corrected chi connectivity index (χ4v) is 2.40. The summed E-state index contributed by atoms with van der Waals surface area (Å²) in [6, 6.07) is 7.61. The van der Waals surface area contributed by atoms with Crippen molar-refractivity contribution in [1.29, 1.82) is 0 Å². The molecule has 1 aliphatic rings. The molecule has 5 nitrogen and oxygen atoms in total. The number of amides is 1. The molecule has 2 rings (SSSR count). The third kappa shape index (κ3) is 5.36. The molecule has 0 unspecified atom stereocenters. The van der Waals surface area contributed by atoms with Crippen molar-refractivity contribution >= 4 is 11.8 Å². The Bertz CT molecular complexity index is 445. The lowest BCUT2D eigenvalue weighted by molar-refractivity contribution is 0.134. The number of hydrogen-bond donors (Lipinski definition) is 1. The minimum atomic E-state index is -0.404. The summed E-state index contributed by atoms with van der Waals surface area (Å²) in [5, 5.41) is 2.79. The third-order valence-corrected chi connectivity index (χ3v) is 3.56. The monoisotopic (exact) mass is 292 g/mol. The zero-order chi connectivity index (χ0) is 14.9. The van der Waals surface area contributed by atoms with Crippen LogP contribution in [-0.4, -0.2) is 43.8 Å². The van der Waals surface area contributed by atoms with E-state index in [1.807, 2.05) is 31.2 Å². The van der Waals surface area contributed by atoms with Crippen LogP contribution >= 0.6 is 0 Å². The number of rotatable bonds is 7. The van der Waals surface area contributed by atoms with E-state index >= 15 is 0 Å². The van der Waals surface area contributed by atoms with E-state index in [-0.39, 0.29) is 0 Å². The van der Waals surface area contributed by atoms with E-state index in [2.05, 4.69) is 10.2 Å². The molecule has 0 atom stereocenters. The van der Waals surface area contributed by atoms with Gasteiger partial charge in [0.2, 0.25) is 0 Å². The van der Waals surface area contributed by atoms with Gasteiger partial charge in [-0.05, 0) is 38.9 Å². The lowest BCUT2D eigenvalue weighted by atomic mass is 10.2. The summed E-state index contributed by atoms with van der Waals surface area (Å²) >= 11 is 0. The van der Waals surface area contributed by atoms with Gasteiger partial charge < -0.3 is 9.47 Å². The molecule has 0 aromatic heterocycles. The van der Waals surface area contributed by atoms with Crippen LogP contribution in [0.3, 0.4) is 0 Å². The van der Waals surface area contributed by atoms with E-state index in [0.717, 1.165) is 30.9 Å². The number of nitrogens with one attached hydrogen (secondary N) is 1. The Morgan fingerprint density at radius 3 is 2.81 bits per heavy atom. The number of likely N-dealkylation sites (tertiary alicyclic amines) is 1. The molecule has 1 amide bonds. The smallest absolute Gasteiger partial charge is 0.411 e. The van der Waals surface area contributed by atoms with E-state index in [4.69, 9.17) is 9.47 Å². The largest absolute Gasteiger partial charge is 0.448 e. The minimum Gasteiger partial charge on any atom is -0.448 e. The van der Waals surface area contributed by atoms with E-state index in [9.17, 15) is 4.79 Å². The molecule has 1 heterocycles. The van der Waals surface area contributed by atoms with Crippen molar-refractivity contribution in [2.45, 2.75) is 26.4 Å². The second-order valence-electron chi connectivity index (χ2n) is 5.10. The highest BCUT2D eigenvalue weighted by Gasteiger charge is 2.12. The predicted octanol–water partition coefficient (Wildman–Crippen LogP) is 2.87. The van der Waals surface area contributed by atoms with Crippen molar-refractivity contribution in [3.8, 4) is 0 Å². The number of anilines is 1. The topological polar surface area (TPSA) is 50.8 Å². The highest BCUT2D eigenvalue weighted by molar-refractivity contribution is 5.85. The Balaban J connectivity index is 1.76. The number of para-hydroxylation sites is 1. The molecule has 5 heteroatoms. The normalized spacial score (nSPS) is 15.1. The lowest BCUT2D eigenvalue weighted by Gasteiger charge is -2.15. The average Bonchev–Trinajstić information content (AvgIpc) is 2.99. The van der Waals surface area contributed by atoms with E-state index in [0.29, 0.717) is 19.8 Å². The number of ether oxygens (including phenoxy) is 2. The second-order valence-corrected chi connectivity index (χ2v) is 5.10. The standard InChI is InChI=1S/C16H24N2O3/c1-2-20-13-14-7-3-4-8-15(14)17-16(19)21-12-11-18-9-5-6-10-18/h3-4,7-8H,2,5-6,9-13H2,1H3,(H,17,19). The highest BCUT2D eigenvalue weighted by Crippen LogP contribution is 2.16. The maximum Gasteiger partial charge on any atom is 0.411 e. The van der Waals surface area contributed by atoms with Gasteiger partial charge in [0, 0.05) is 24.4 Å². The highest BCUT2D eigenvalue weighted by atomic mass is 16.5. The van der Waals surface area contributed by atoms with Crippen LogP contribution in [0.1, 0.15) is 25.3 Å². The Kier molecular flexibility index (Phi) is 6.50. The van der Waals surface area contributed by atoms with E-state index in [1.54, 1.807) is 0 Å². The van der Waals surface area contributed by atoms with Crippen LogP contribution < -0.4 is 5.32 Å². The third-order valence-electron chi connectivity index (χ3n) is 3.56. The zero-order valence-corrected chi connectivity index (χ0v) is 12.6. The molecule has 1 aliphatic heterocycles. The molecule has 0 spiro atoms. The van der Waals surface area contributed by atoms with Crippen LogP contribution in [0.25, 0.3) is 0 Å². The first kappa shape index (κ1) is 15.8. The van der Waals surface area contributed by atoms with Crippen LogP contribution in [0.4, 0.5) is 10.5 Å². The van der Waals surface area contributed by atoms with Crippen molar-refractivity contribution in [1.82, 2.24) is 4.90 Å². The quantitative estimate of drug-likeness (QED) is 0.839. The van der Waals surface area contributed by atoms with Crippen LogP contribution in [0.5, 0.6) is 0 Å². The number of carbonyl (C=O) groups excluding carboxylic acids is 1. The Hall–Kier alpha value is -1.59. The Morgan fingerprint density at radius 2 is 2.05 bits per heavy atom. The molecular weight excluding hydrogens is 268 g/mol. The maximum atomic E-state index is 11.8. The number of carbonyl (C=O) groups is 1. The zero-order valence-electron chi connectivity index (χ0n) is 12.6. The number of benzene rings is 1. The second kappa shape index (κ2) is 8.64. The average molecular weight is 292 g/mol. The molecule has 0 bridgehead atoms. The summed E-state index contributed by atoms with van der Waals surface area (Å²) in [6.45, 7) is 6.55. The summed E-state index contributed by atoms with van der Waals surface area (Å²) < 4.78 is 10.6. The fraction of sp³-hybridized carbons (Fsp3) is 0.562. The summed E-state index contributed by atoms with van der Waals surface area (Å²) in [4.78, 5) is 14.1. The first-order valence-electron chi connectivity index (χ1n) is 7.61. The first-order valence-corrected chi connectivity index (χ1v) is 7.61. The van der Waals surface area contributed by atoms with Gasteiger partial charge in [-0.3, -0.25) is 10.2 Å². The van der Waals surface area contributed by atoms with Crippen molar-refractivity contribution in [3.05, 3.63) is 29.8 Å². The van der Waals surface area contributed by atoms with Gasteiger partial charge in [0.25, 0.3) is 0 Å². The van der Waals surface area contributed by atoms with Gasteiger partial charge in [-0.2, -0.15) is 0 Å². The molecular formula is C16H24N2O3. The van der Waals surface area contributed by atoms with Crippen molar-refractivity contribution < 1.29 is 14.3 Å². The van der Waals surface area contributed by atoms with Gasteiger partial charge in [0.15, 0.2) is 0 Å². The molecule has 1 aromatic rings. The van der Waals surface area contributed by atoms with Crippen LogP contribution in [-0.2, 0) is 16.1 Å². The fourth-order valence-electron chi connectivity index (χ4n) is 2.40. The Labute approximate surface area is 126 Å². The first-order chi connectivity index (χ1) is 10.3. The van der Waals surface area contributed by atoms with Crippen molar-refractivity contribution in [2.24, 2.45) is 0 Å². The van der Waals surface area contributed by atoms with E-state index < -0.39 is 6.09 Å². The van der Waals surface area contributed by atoms with Gasteiger partial charge in [0.05, 0.1) is 6.61 Å². The molecule has 0 aliphatic carbocycles. The van der Waals surface area contributed by atoms with Gasteiger partial charge in [-0.25, -0.2) is 4.79 Å². The van der Waals surface area contributed by atoms with Gasteiger partial charge in [-0.15, -0.1) is 0 Å². The number of nitrogens with zero attached hydrogens (tertiary/aromatic N) is 1. The summed E-state index contributed by atoms with van der Waals surface area (Å²) in [6.07, 6.45) is 2.09. The molecule has 116 valence electrons. The predicted molar refractivity (Wildman–Crippen MR) is 82.4 cm³/mol. The van der Waals surface area contributed by atoms with Gasteiger partial charge in [0.1, 0.15) is 6.61 Å². The van der Waals surface area contributed by atoms with E-state index in [1.165, 1.54) is 12.8 Å². The molecule has 1 aromatic carbocycles. The van der Waals surface area contributed by atoms with Gasteiger partial charge >= 0.3 is 6.09 Å². The molecule has 0 radical (unpaired) electrons. The summed E-state index contributed by atoms with van der Waals surface area (Å²) in [5.41, 5.74) is 1.70. The lowest BCUT2D eigenvalue weighted by Crippen LogP contribution is -2.26. The SMILES string of the molecule is CCOCc1ccccc1NC(=O)OCCN1CCCC1. The Morgan fingerprint density at radius 1 is 1.29 bits per heavy atom. The molecule has 1 saturated heterocycles. The van der Waals surface area contributed by atoms with Crippen molar-refractivity contribution in [2.75, 3.05) is 38.2 Å². The summed E-state index contributed by atoms with van der Waals surface area (Å²) in [5.74, 6) is 0. The van der Waals surface area contributed by atoms with Gasteiger partial charge in [-0.1, -0.05) is 18.2 Å².